The van der Waals surface area contributed by atoms with Gasteiger partial charge in [-0.1, -0.05) is 36.9 Å². The molecule has 1 N–H and O–H groups in total. The van der Waals surface area contributed by atoms with Crippen LogP contribution in [0.25, 0.3) is 22.0 Å². The summed E-state index contributed by atoms with van der Waals surface area (Å²) in [6.07, 6.45) is 1.23. The molecule has 0 saturated heterocycles. The van der Waals surface area contributed by atoms with Gasteiger partial charge in [0.05, 0.1) is 18.0 Å². The van der Waals surface area contributed by atoms with Gasteiger partial charge >= 0.3 is 5.97 Å². The Hall–Kier alpha value is -3.51. The molecule has 6 heteroatoms. The largest absolute Gasteiger partial charge is 0.455 e. The predicted octanol–water partition coefficient (Wildman–Crippen LogP) is 5.13. The maximum absolute atomic E-state index is 12.4. The summed E-state index contributed by atoms with van der Waals surface area (Å²) in [7, 11) is 1.60. The Kier molecular flexibility index (Phi) is 6.51. The van der Waals surface area contributed by atoms with Crippen LogP contribution in [0.5, 0.6) is 0 Å². The molecular formula is C25H26N2O4. The average Bonchev–Trinajstić information content (AvgIpc) is 2.74. The molecule has 0 atom stereocenters. The zero-order chi connectivity index (χ0) is 22.6. The molecule has 0 bridgehead atoms. The normalized spacial score (nSPS) is 11.2. The zero-order valence-electron chi connectivity index (χ0n) is 18.2. The molecular weight excluding hydrogens is 392 g/mol. The van der Waals surface area contributed by atoms with Crippen LogP contribution in [0.3, 0.4) is 0 Å². The third-order valence-corrected chi connectivity index (χ3v) is 4.49. The SMILES string of the molecule is C=CC(=O)Nc1c(COC)ccc2ccc(-c3cccc(C(=O)OC(C)(C)C)n3)cc12. The summed E-state index contributed by atoms with van der Waals surface area (Å²) in [6.45, 7) is 9.32. The third kappa shape index (κ3) is 5.35. The third-order valence-electron chi connectivity index (χ3n) is 4.49. The highest BCUT2D eigenvalue weighted by molar-refractivity contribution is 6.07. The van der Waals surface area contributed by atoms with Crippen molar-refractivity contribution in [1.82, 2.24) is 4.98 Å². The monoisotopic (exact) mass is 418 g/mol. The molecule has 0 aliphatic rings. The zero-order valence-corrected chi connectivity index (χ0v) is 18.2. The fourth-order valence-electron chi connectivity index (χ4n) is 3.16. The molecule has 2 aromatic carbocycles. The van der Waals surface area contributed by atoms with E-state index in [1.807, 2.05) is 57.2 Å². The fraction of sp³-hybridized carbons (Fsp3) is 0.240. The van der Waals surface area contributed by atoms with E-state index in [9.17, 15) is 9.59 Å². The maximum atomic E-state index is 12.4. The highest BCUT2D eigenvalue weighted by Gasteiger charge is 2.19. The Morgan fingerprint density at radius 1 is 1.13 bits per heavy atom. The highest BCUT2D eigenvalue weighted by atomic mass is 16.6. The molecule has 1 heterocycles. The number of rotatable bonds is 6. The summed E-state index contributed by atoms with van der Waals surface area (Å²) >= 11 is 0. The van der Waals surface area contributed by atoms with E-state index >= 15 is 0 Å². The number of nitrogens with zero attached hydrogens (tertiary/aromatic N) is 1. The summed E-state index contributed by atoms with van der Waals surface area (Å²) in [5, 5.41) is 4.68. The molecule has 0 spiro atoms. The minimum Gasteiger partial charge on any atom is -0.455 e. The number of methoxy groups -OCH3 is 1. The molecule has 160 valence electrons. The van der Waals surface area contributed by atoms with Crippen molar-refractivity contribution < 1.29 is 19.1 Å². The molecule has 0 fully saturated rings. The minimum absolute atomic E-state index is 0.237. The van der Waals surface area contributed by atoms with Crippen molar-refractivity contribution in [2.45, 2.75) is 33.0 Å². The van der Waals surface area contributed by atoms with E-state index in [0.717, 1.165) is 21.9 Å². The van der Waals surface area contributed by atoms with Crippen molar-refractivity contribution in [3.8, 4) is 11.3 Å². The van der Waals surface area contributed by atoms with Crippen molar-refractivity contribution >= 4 is 28.3 Å². The van der Waals surface area contributed by atoms with Gasteiger partial charge < -0.3 is 14.8 Å². The number of aromatic nitrogens is 1. The van der Waals surface area contributed by atoms with E-state index in [-0.39, 0.29) is 11.6 Å². The van der Waals surface area contributed by atoms with Gasteiger partial charge in [-0.3, -0.25) is 4.79 Å². The summed E-state index contributed by atoms with van der Waals surface area (Å²) < 4.78 is 10.7. The molecule has 31 heavy (non-hydrogen) atoms. The number of esters is 1. The van der Waals surface area contributed by atoms with E-state index in [1.165, 1.54) is 6.08 Å². The van der Waals surface area contributed by atoms with Gasteiger partial charge in [0.25, 0.3) is 0 Å². The molecule has 1 amide bonds. The number of hydrogen-bond donors (Lipinski definition) is 1. The number of carbonyl (C=O) groups excluding carboxylic acids is 2. The molecule has 6 nitrogen and oxygen atoms in total. The van der Waals surface area contributed by atoms with Crippen LogP contribution in [0.1, 0.15) is 36.8 Å². The molecule has 1 aromatic heterocycles. The minimum atomic E-state index is -0.603. The van der Waals surface area contributed by atoms with E-state index < -0.39 is 11.6 Å². The number of pyridine rings is 1. The Labute approximate surface area is 181 Å². The Bertz CT molecular complexity index is 1150. The van der Waals surface area contributed by atoms with E-state index in [2.05, 4.69) is 16.9 Å². The van der Waals surface area contributed by atoms with E-state index in [4.69, 9.17) is 9.47 Å². The second-order valence-corrected chi connectivity index (χ2v) is 8.07. The average molecular weight is 418 g/mol. The van der Waals surface area contributed by atoms with Crippen LogP contribution in [0.15, 0.2) is 61.2 Å². The number of anilines is 1. The van der Waals surface area contributed by atoms with Crippen molar-refractivity contribution in [3.05, 3.63) is 72.4 Å². The van der Waals surface area contributed by atoms with Crippen molar-refractivity contribution in [2.24, 2.45) is 0 Å². The number of ether oxygens (including phenoxy) is 2. The number of carbonyl (C=O) groups is 2. The lowest BCUT2D eigenvalue weighted by Gasteiger charge is -2.19. The molecule has 3 rings (SSSR count). The Morgan fingerprint density at radius 2 is 1.87 bits per heavy atom. The number of benzene rings is 2. The second kappa shape index (κ2) is 9.10. The lowest BCUT2D eigenvalue weighted by molar-refractivity contribution is -0.111. The van der Waals surface area contributed by atoms with Crippen LogP contribution in [-0.2, 0) is 20.9 Å². The number of hydrogen-bond acceptors (Lipinski definition) is 5. The summed E-state index contributed by atoms with van der Waals surface area (Å²) in [5.41, 5.74) is 2.58. The number of amides is 1. The molecule has 0 unspecified atom stereocenters. The first-order valence-corrected chi connectivity index (χ1v) is 9.90. The van der Waals surface area contributed by atoms with Crippen molar-refractivity contribution in [3.63, 3.8) is 0 Å². The van der Waals surface area contributed by atoms with Crippen LogP contribution in [0.2, 0.25) is 0 Å². The maximum Gasteiger partial charge on any atom is 0.357 e. The second-order valence-electron chi connectivity index (χ2n) is 8.07. The van der Waals surface area contributed by atoms with Gasteiger partial charge in [0.15, 0.2) is 0 Å². The molecule has 0 aliphatic heterocycles. The van der Waals surface area contributed by atoms with E-state index in [1.54, 1.807) is 19.2 Å². The quantitative estimate of drug-likeness (QED) is 0.444. The van der Waals surface area contributed by atoms with Crippen LogP contribution >= 0.6 is 0 Å². The molecule has 3 aromatic rings. The Balaban J connectivity index is 2.08. The number of nitrogens with one attached hydrogen (secondary N) is 1. The molecule has 0 radical (unpaired) electrons. The smallest absolute Gasteiger partial charge is 0.357 e. The van der Waals surface area contributed by atoms with Gasteiger partial charge in [0.1, 0.15) is 11.3 Å². The predicted molar refractivity (Wildman–Crippen MR) is 122 cm³/mol. The molecule has 0 aliphatic carbocycles. The topological polar surface area (TPSA) is 77.5 Å². The van der Waals surface area contributed by atoms with Gasteiger partial charge in [0, 0.05) is 23.6 Å². The first kappa shape index (κ1) is 22.2. The standard InChI is InChI=1S/C25H26N2O4/c1-6-22(28)27-23-18(15-30-5)13-11-16-10-12-17(14-19(16)23)20-8-7-9-21(26-20)24(29)31-25(2,3)4/h6-14H,1,15H2,2-5H3,(H,27,28). The summed E-state index contributed by atoms with van der Waals surface area (Å²) in [5.74, 6) is -0.781. The summed E-state index contributed by atoms with van der Waals surface area (Å²) in [4.78, 5) is 29.0. The summed E-state index contributed by atoms with van der Waals surface area (Å²) in [6, 6.07) is 14.9. The van der Waals surface area contributed by atoms with Gasteiger partial charge in [-0.2, -0.15) is 0 Å². The Morgan fingerprint density at radius 3 is 2.55 bits per heavy atom. The van der Waals surface area contributed by atoms with Crippen LogP contribution in [0.4, 0.5) is 5.69 Å². The lowest BCUT2D eigenvalue weighted by Crippen LogP contribution is -2.24. The van der Waals surface area contributed by atoms with Gasteiger partial charge in [-0.05, 0) is 50.4 Å². The van der Waals surface area contributed by atoms with Crippen molar-refractivity contribution in [2.75, 3.05) is 12.4 Å². The first-order valence-electron chi connectivity index (χ1n) is 9.90. The van der Waals surface area contributed by atoms with Gasteiger partial charge in [-0.25, -0.2) is 9.78 Å². The highest BCUT2D eigenvalue weighted by Crippen LogP contribution is 2.32. The number of fused-ring (bicyclic) bond motifs is 1. The van der Waals surface area contributed by atoms with Gasteiger partial charge in [0.2, 0.25) is 5.91 Å². The first-order chi connectivity index (χ1) is 14.7. The molecule has 0 saturated carbocycles. The van der Waals surface area contributed by atoms with Crippen LogP contribution < -0.4 is 5.32 Å². The van der Waals surface area contributed by atoms with Crippen LogP contribution in [-0.4, -0.2) is 29.6 Å². The van der Waals surface area contributed by atoms with E-state index in [0.29, 0.717) is 18.0 Å². The fourth-order valence-corrected chi connectivity index (χ4v) is 3.16. The van der Waals surface area contributed by atoms with Crippen molar-refractivity contribution in [1.29, 1.82) is 0 Å². The van der Waals surface area contributed by atoms with Gasteiger partial charge in [-0.15, -0.1) is 0 Å². The van der Waals surface area contributed by atoms with Crippen LogP contribution in [0, 0.1) is 0 Å². The lowest BCUT2D eigenvalue weighted by atomic mass is 10.00.